The van der Waals surface area contributed by atoms with Crippen LogP contribution in [-0.4, -0.2) is 46.8 Å². The molecular weight excluding hydrogens is 478 g/mol. The standard InChI is InChI=1S/C26H29F4N3O3/c1-16(26(28,29)30)17-2-4-18(5-3-17)23(34)33(20-7-8-20)21-10-12-25(13-11-21,15-36-24(31)35)22-9-6-19(27)14-32-22/h2-6,9,14,16,20-21H,7-8,10-13,15H2,1H3,(H2,31,35)/t16-,21-,25-/m1/s1. The van der Waals surface area contributed by atoms with E-state index in [1.165, 1.54) is 30.3 Å². The molecule has 10 heteroatoms. The van der Waals surface area contributed by atoms with E-state index in [1.54, 1.807) is 6.07 Å². The third kappa shape index (κ3) is 5.63. The van der Waals surface area contributed by atoms with Crippen LogP contribution in [0.3, 0.4) is 0 Å². The molecule has 6 nitrogen and oxygen atoms in total. The molecule has 2 aliphatic rings. The van der Waals surface area contributed by atoms with E-state index in [-0.39, 0.29) is 30.2 Å². The Balaban J connectivity index is 1.50. The van der Waals surface area contributed by atoms with Crippen molar-refractivity contribution in [1.29, 1.82) is 0 Å². The lowest BCUT2D eigenvalue weighted by Crippen LogP contribution is -2.48. The Morgan fingerprint density at radius 3 is 2.19 bits per heavy atom. The average molecular weight is 508 g/mol. The Morgan fingerprint density at radius 2 is 1.69 bits per heavy atom. The number of alkyl halides is 3. The minimum absolute atomic E-state index is 0.00388. The molecular formula is C26H29F4N3O3. The number of primary amides is 1. The number of nitrogens with zero attached hydrogens (tertiary/aromatic N) is 2. The first-order valence-corrected chi connectivity index (χ1v) is 12.0. The smallest absolute Gasteiger partial charge is 0.404 e. The van der Waals surface area contributed by atoms with Gasteiger partial charge in [0.05, 0.1) is 17.8 Å². The number of carbonyl (C=O) groups excluding carboxylic acids is 2. The molecule has 0 aliphatic heterocycles. The van der Waals surface area contributed by atoms with Gasteiger partial charge in [-0.05, 0) is 75.3 Å². The summed E-state index contributed by atoms with van der Waals surface area (Å²) < 4.78 is 57.8. The Bertz CT molecular complexity index is 1080. The number of halogens is 4. The maximum absolute atomic E-state index is 13.5. The van der Waals surface area contributed by atoms with Crippen LogP contribution >= 0.6 is 0 Å². The fourth-order valence-corrected chi connectivity index (χ4v) is 5.04. The molecule has 0 spiro atoms. The van der Waals surface area contributed by atoms with E-state index in [0.29, 0.717) is 36.9 Å². The topological polar surface area (TPSA) is 85.5 Å². The number of aromatic nitrogens is 1. The molecule has 1 aromatic carbocycles. The fourth-order valence-electron chi connectivity index (χ4n) is 5.04. The van der Waals surface area contributed by atoms with Gasteiger partial charge in [-0.15, -0.1) is 0 Å². The number of pyridine rings is 1. The van der Waals surface area contributed by atoms with Crippen LogP contribution in [0.5, 0.6) is 0 Å². The lowest BCUT2D eigenvalue weighted by molar-refractivity contribution is -0.146. The molecule has 0 unspecified atom stereocenters. The highest BCUT2D eigenvalue weighted by Crippen LogP contribution is 2.43. The molecule has 0 radical (unpaired) electrons. The summed E-state index contributed by atoms with van der Waals surface area (Å²) in [7, 11) is 0. The second-order valence-electron chi connectivity index (χ2n) is 9.81. The summed E-state index contributed by atoms with van der Waals surface area (Å²) in [5.41, 5.74) is 5.62. The van der Waals surface area contributed by atoms with Crippen molar-refractivity contribution in [3.63, 3.8) is 0 Å². The number of nitrogens with two attached hydrogens (primary N) is 1. The molecule has 1 aromatic heterocycles. The van der Waals surface area contributed by atoms with Crippen LogP contribution in [0.25, 0.3) is 0 Å². The van der Waals surface area contributed by atoms with Crippen LogP contribution in [0.2, 0.25) is 0 Å². The van der Waals surface area contributed by atoms with Gasteiger partial charge >= 0.3 is 12.3 Å². The molecule has 4 rings (SSSR count). The molecule has 2 fully saturated rings. The largest absolute Gasteiger partial charge is 0.449 e. The van der Waals surface area contributed by atoms with Crippen molar-refractivity contribution in [3.8, 4) is 0 Å². The van der Waals surface area contributed by atoms with Crippen molar-refractivity contribution in [2.24, 2.45) is 5.73 Å². The van der Waals surface area contributed by atoms with Crippen LogP contribution in [0.15, 0.2) is 42.6 Å². The lowest BCUT2D eigenvalue weighted by atomic mass is 9.70. The van der Waals surface area contributed by atoms with Crippen molar-refractivity contribution in [2.75, 3.05) is 6.61 Å². The van der Waals surface area contributed by atoms with E-state index in [0.717, 1.165) is 26.0 Å². The van der Waals surface area contributed by atoms with Crippen molar-refractivity contribution in [2.45, 2.75) is 75.0 Å². The zero-order valence-electron chi connectivity index (χ0n) is 19.9. The van der Waals surface area contributed by atoms with Gasteiger partial charge in [0.25, 0.3) is 5.91 Å². The van der Waals surface area contributed by atoms with Crippen LogP contribution in [0.1, 0.15) is 73.0 Å². The number of hydrogen-bond acceptors (Lipinski definition) is 4. The van der Waals surface area contributed by atoms with Gasteiger partial charge < -0.3 is 15.4 Å². The normalized spacial score (nSPS) is 23.1. The first-order valence-electron chi connectivity index (χ1n) is 12.0. The number of carbonyl (C=O) groups is 2. The summed E-state index contributed by atoms with van der Waals surface area (Å²) in [5.74, 6) is -2.29. The lowest BCUT2D eigenvalue weighted by Gasteiger charge is -2.43. The Kier molecular flexibility index (Phi) is 7.24. The number of amides is 2. The molecule has 2 N–H and O–H groups in total. The monoisotopic (exact) mass is 507 g/mol. The highest BCUT2D eigenvalue weighted by molar-refractivity contribution is 5.95. The molecule has 194 valence electrons. The molecule has 1 atom stereocenters. The molecule has 1 heterocycles. The molecule has 2 saturated carbocycles. The van der Waals surface area contributed by atoms with Gasteiger partial charge in [-0.25, -0.2) is 9.18 Å². The van der Waals surface area contributed by atoms with Gasteiger partial charge in [0.15, 0.2) is 0 Å². The Hall–Kier alpha value is -3.17. The van der Waals surface area contributed by atoms with E-state index in [1.807, 2.05) is 4.90 Å². The third-order valence-corrected chi connectivity index (χ3v) is 7.39. The van der Waals surface area contributed by atoms with Crippen molar-refractivity contribution in [1.82, 2.24) is 9.88 Å². The van der Waals surface area contributed by atoms with Gasteiger partial charge in [-0.3, -0.25) is 9.78 Å². The number of hydrogen-bond donors (Lipinski definition) is 1. The second-order valence-corrected chi connectivity index (χ2v) is 9.81. The van der Waals surface area contributed by atoms with Gasteiger partial charge in [-0.1, -0.05) is 12.1 Å². The summed E-state index contributed by atoms with van der Waals surface area (Å²) in [6, 6.07) is 8.55. The minimum atomic E-state index is -4.35. The van der Waals surface area contributed by atoms with Gasteiger partial charge in [0.1, 0.15) is 12.4 Å². The van der Waals surface area contributed by atoms with Gasteiger partial charge in [-0.2, -0.15) is 13.2 Å². The highest BCUT2D eigenvalue weighted by atomic mass is 19.4. The molecule has 0 bridgehead atoms. The van der Waals surface area contributed by atoms with E-state index in [2.05, 4.69) is 4.98 Å². The summed E-state index contributed by atoms with van der Waals surface area (Å²) in [5, 5.41) is 0. The molecule has 36 heavy (non-hydrogen) atoms. The maximum atomic E-state index is 13.5. The molecule has 2 aliphatic carbocycles. The van der Waals surface area contributed by atoms with Gasteiger partial charge in [0.2, 0.25) is 0 Å². The molecule has 2 aromatic rings. The SMILES string of the molecule is C[C@H](c1ccc(C(=O)N(C2CC2)[C@H]2CC[C@](COC(N)=O)(c3ccc(F)cn3)CC2)cc1)C(F)(F)F. The van der Waals surface area contributed by atoms with Crippen LogP contribution in [0.4, 0.5) is 22.4 Å². The fraction of sp³-hybridized carbons (Fsp3) is 0.500. The highest BCUT2D eigenvalue weighted by Gasteiger charge is 2.45. The van der Waals surface area contributed by atoms with E-state index < -0.39 is 29.4 Å². The maximum Gasteiger partial charge on any atom is 0.404 e. The third-order valence-electron chi connectivity index (χ3n) is 7.39. The summed E-state index contributed by atoms with van der Waals surface area (Å²) >= 11 is 0. The number of ether oxygens (including phenoxy) is 1. The Labute approximate surface area is 206 Å². The predicted octanol–water partition coefficient (Wildman–Crippen LogP) is 5.47. The number of benzene rings is 1. The molecule has 0 saturated heterocycles. The quantitative estimate of drug-likeness (QED) is 0.504. The zero-order valence-corrected chi connectivity index (χ0v) is 19.9. The zero-order chi connectivity index (χ0) is 26.1. The summed E-state index contributed by atoms with van der Waals surface area (Å²) in [6.07, 6.45) is -0.0867. The predicted molar refractivity (Wildman–Crippen MR) is 124 cm³/mol. The summed E-state index contributed by atoms with van der Waals surface area (Å²) in [6.45, 7) is 1.10. The van der Waals surface area contributed by atoms with Crippen LogP contribution in [0, 0.1) is 5.82 Å². The number of rotatable bonds is 7. The second kappa shape index (κ2) is 10.1. The van der Waals surface area contributed by atoms with Crippen molar-refractivity contribution >= 4 is 12.0 Å². The first-order chi connectivity index (χ1) is 17.0. The minimum Gasteiger partial charge on any atom is -0.449 e. The van der Waals surface area contributed by atoms with Crippen molar-refractivity contribution in [3.05, 3.63) is 65.2 Å². The van der Waals surface area contributed by atoms with Crippen molar-refractivity contribution < 1.29 is 31.9 Å². The molecule has 2 amide bonds. The van der Waals surface area contributed by atoms with Crippen LogP contribution < -0.4 is 5.73 Å². The summed E-state index contributed by atoms with van der Waals surface area (Å²) in [4.78, 5) is 30.8. The van der Waals surface area contributed by atoms with E-state index in [9.17, 15) is 27.2 Å². The van der Waals surface area contributed by atoms with E-state index >= 15 is 0 Å². The Morgan fingerprint density at radius 1 is 1.08 bits per heavy atom. The van der Waals surface area contributed by atoms with Gasteiger partial charge in [0, 0.05) is 23.1 Å². The average Bonchev–Trinajstić information content (AvgIpc) is 3.68. The van der Waals surface area contributed by atoms with Crippen LogP contribution in [-0.2, 0) is 10.2 Å². The first kappa shape index (κ1) is 25.9. The van der Waals surface area contributed by atoms with E-state index in [4.69, 9.17) is 10.5 Å².